The van der Waals surface area contributed by atoms with Gasteiger partial charge in [0.1, 0.15) is 11.6 Å². The van der Waals surface area contributed by atoms with Gasteiger partial charge >= 0.3 is 5.91 Å². The topological polar surface area (TPSA) is 78.6 Å². The summed E-state index contributed by atoms with van der Waals surface area (Å²) in [5.74, 6) is 2.06. The molecule has 0 saturated carbocycles. The van der Waals surface area contributed by atoms with Gasteiger partial charge in [0.2, 0.25) is 0 Å². The minimum Gasteiger partial charge on any atom is -1.00 e. The molecule has 1 aromatic rings. The van der Waals surface area contributed by atoms with Gasteiger partial charge in [-0.05, 0) is 41.4 Å². The summed E-state index contributed by atoms with van der Waals surface area (Å²) in [6.45, 7) is 56.7. The van der Waals surface area contributed by atoms with Crippen LogP contribution in [-0.4, -0.2) is 42.8 Å². The van der Waals surface area contributed by atoms with E-state index >= 15 is 0 Å². The van der Waals surface area contributed by atoms with Crippen LogP contribution in [0.15, 0.2) is 24.5 Å². The molecule has 0 amide bonds. The number of pyridine rings is 1. The summed E-state index contributed by atoms with van der Waals surface area (Å²) in [4.78, 5) is 34.6. The first-order chi connectivity index (χ1) is 28.6. The van der Waals surface area contributed by atoms with Gasteiger partial charge in [0.05, 0.1) is 13.0 Å². The number of nitrogens with zero attached hydrogens (tertiary/aromatic N) is 2. The molecule has 1 rings (SSSR count). The highest BCUT2D eigenvalue weighted by molar-refractivity contribution is 5.83. The molecule has 0 radical (unpaired) electrons. The Morgan fingerprint density at radius 3 is 0.969 bits per heavy atom. The van der Waals surface area contributed by atoms with E-state index in [-0.39, 0.29) is 40.7 Å². The third-order valence-electron chi connectivity index (χ3n) is 10.6. The molecule has 0 fully saturated rings. The number of aliphatic hydroxyl groups excluding tert-OH is 1. The van der Waals surface area contributed by atoms with E-state index in [0.717, 1.165) is 30.9 Å². The number of Topliss-reactive ketones (excluding diaryl/α,β-unsaturated/α-hetero) is 2. The SMILES string of the molecule is CC(=O)[n+]1ccc(N(C)C)cc1.CCC(=O)C(C)(C)C.CCC(C)C(C)(C)C.CCC(CC(C)=O)C(C)(C)C.CCC(O)C(C)(C)C.CCCC.CCCC.CCCC.CCCC.[Cl-]. The fourth-order valence-corrected chi connectivity index (χ4v) is 4.09. The Morgan fingerprint density at radius 1 is 0.562 bits per heavy atom. The molecule has 1 heterocycles. The monoisotopic (exact) mass is 933 g/mol. The van der Waals surface area contributed by atoms with Gasteiger partial charge in [-0.3, -0.25) is 4.79 Å². The number of carbonyl (C=O) groups is 3. The Morgan fingerprint density at radius 2 is 0.891 bits per heavy atom. The lowest BCUT2D eigenvalue weighted by molar-refractivity contribution is -0.572. The number of unbranched alkanes of at least 4 members (excludes halogenated alkanes) is 4. The normalized spacial score (nSPS) is 11.7. The van der Waals surface area contributed by atoms with Crippen molar-refractivity contribution in [2.24, 2.45) is 33.5 Å². The second kappa shape index (κ2) is 50.6. The van der Waals surface area contributed by atoms with Gasteiger partial charge in [-0.15, -0.1) is 4.57 Å². The van der Waals surface area contributed by atoms with Crippen molar-refractivity contribution in [1.82, 2.24) is 0 Å². The lowest BCUT2D eigenvalue weighted by atomic mass is 9.76. The average molecular weight is 934 g/mol. The van der Waals surface area contributed by atoms with Crippen molar-refractivity contribution in [1.29, 1.82) is 0 Å². The zero-order valence-electron chi connectivity index (χ0n) is 49.2. The van der Waals surface area contributed by atoms with Crippen molar-refractivity contribution in [3.63, 3.8) is 0 Å². The van der Waals surface area contributed by atoms with Crippen molar-refractivity contribution >= 4 is 23.2 Å². The second-order valence-electron chi connectivity index (χ2n) is 21.2. The van der Waals surface area contributed by atoms with Crippen LogP contribution in [0.4, 0.5) is 5.69 Å². The summed E-state index contributed by atoms with van der Waals surface area (Å²) in [5, 5.41) is 9.19. The van der Waals surface area contributed by atoms with E-state index in [1.165, 1.54) is 64.7 Å². The van der Waals surface area contributed by atoms with Gasteiger partial charge in [-0.2, -0.15) is 0 Å². The molecule has 0 saturated heterocycles. The highest BCUT2D eigenvalue weighted by Crippen LogP contribution is 2.31. The molecule has 0 spiro atoms. The number of carbonyl (C=O) groups excluding carboxylic acids is 3. The van der Waals surface area contributed by atoms with E-state index in [1.54, 1.807) is 23.9 Å². The summed E-state index contributed by atoms with van der Waals surface area (Å²) in [6, 6.07) is 3.81. The maximum atomic E-state index is 10.9. The molecule has 0 aliphatic heterocycles. The largest absolute Gasteiger partial charge is 1.00 e. The Balaban J connectivity index is -0.0000000781. The number of hydrogen-bond acceptors (Lipinski definition) is 5. The summed E-state index contributed by atoms with van der Waals surface area (Å²) >= 11 is 0. The van der Waals surface area contributed by atoms with E-state index in [2.05, 4.69) is 118 Å². The van der Waals surface area contributed by atoms with Gasteiger partial charge in [0, 0.05) is 50.2 Å². The van der Waals surface area contributed by atoms with Crippen LogP contribution in [0.5, 0.6) is 0 Å². The van der Waals surface area contributed by atoms with Gasteiger partial charge in [0.25, 0.3) is 0 Å². The molecular weight excluding hydrogens is 812 g/mol. The van der Waals surface area contributed by atoms with Crippen LogP contribution in [0.2, 0.25) is 0 Å². The summed E-state index contributed by atoms with van der Waals surface area (Å²) in [5.41, 5.74) is 1.81. The predicted octanol–water partition coefficient (Wildman–Crippen LogP) is 14.9. The highest BCUT2D eigenvalue weighted by atomic mass is 35.5. The molecule has 64 heavy (non-hydrogen) atoms. The van der Waals surface area contributed by atoms with Crippen molar-refractivity contribution < 1.29 is 36.5 Å². The first kappa shape index (κ1) is 82.3. The number of anilines is 1. The highest BCUT2D eigenvalue weighted by Gasteiger charge is 2.24. The molecule has 0 bridgehead atoms. The van der Waals surface area contributed by atoms with Crippen molar-refractivity contribution in [3.8, 4) is 0 Å². The third-order valence-corrected chi connectivity index (χ3v) is 10.6. The number of hydrogen-bond donors (Lipinski definition) is 1. The van der Waals surface area contributed by atoms with E-state index in [4.69, 9.17) is 0 Å². The first-order valence-corrected chi connectivity index (χ1v) is 25.5. The number of halogens is 1. The van der Waals surface area contributed by atoms with Crippen LogP contribution in [-0.2, 0) is 9.59 Å². The van der Waals surface area contributed by atoms with E-state index in [1.807, 2.05) is 86.5 Å². The molecule has 7 heteroatoms. The van der Waals surface area contributed by atoms with Crippen molar-refractivity contribution in [2.75, 3.05) is 19.0 Å². The number of rotatable bonds is 11. The minimum atomic E-state index is -0.150. The summed E-state index contributed by atoms with van der Waals surface area (Å²) in [7, 11) is 3.93. The maximum absolute atomic E-state index is 10.9. The van der Waals surface area contributed by atoms with Crippen molar-refractivity contribution in [2.45, 2.75) is 277 Å². The molecule has 1 aromatic heterocycles. The fourth-order valence-electron chi connectivity index (χ4n) is 4.09. The smallest absolute Gasteiger partial charge is 0.389 e. The van der Waals surface area contributed by atoms with Gasteiger partial charge in [0.15, 0.2) is 12.4 Å². The average Bonchev–Trinajstić information content (AvgIpc) is 3.21. The maximum Gasteiger partial charge on any atom is 0.389 e. The van der Waals surface area contributed by atoms with Crippen LogP contribution >= 0.6 is 0 Å². The number of ketones is 2. The molecule has 1 N–H and O–H groups in total. The zero-order chi connectivity index (χ0) is 52.2. The Bertz CT molecular complexity index is 1060. The second-order valence-corrected chi connectivity index (χ2v) is 21.2. The van der Waals surface area contributed by atoms with Crippen LogP contribution in [0.3, 0.4) is 0 Å². The summed E-state index contributed by atoms with van der Waals surface area (Å²) in [6.07, 6.45) is 18.6. The molecule has 0 aliphatic rings. The van der Waals surface area contributed by atoms with Crippen molar-refractivity contribution in [3.05, 3.63) is 24.5 Å². The Labute approximate surface area is 411 Å². The van der Waals surface area contributed by atoms with Crippen LogP contribution in [0.1, 0.15) is 275 Å². The molecule has 6 nitrogen and oxygen atoms in total. The van der Waals surface area contributed by atoms with E-state index in [0.29, 0.717) is 29.3 Å². The molecule has 0 aromatic carbocycles. The Kier molecular flexibility index (Phi) is 65.1. The lowest BCUT2D eigenvalue weighted by Crippen LogP contribution is -3.00. The molecule has 0 aliphatic carbocycles. The molecule has 3 atom stereocenters. The predicted molar refractivity (Wildman–Crippen MR) is 288 cm³/mol. The quantitative estimate of drug-likeness (QED) is 0.224. The first-order valence-electron chi connectivity index (χ1n) is 25.5. The van der Waals surface area contributed by atoms with Crippen LogP contribution in [0.25, 0.3) is 0 Å². The van der Waals surface area contributed by atoms with E-state index in [9.17, 15) is 19.5 Å². The van der Waals surface area contributed by atoms with E-state index < -0.39 is 0 Å². The Hall–Kier alpha value is -1.79. The standard InChI is InChI=1S/C10H20O.C9H13N2O.C8H18.C7H16O.C7H14O.4C4H10.ClH/c1-6-9(7-8(2)11)10(3,4)5;1-8(12)11-6-4-9(5-7-11)10(2)3;1-6-7(2)8(3,4)5;2*1-5-6(8)7(2,3)4;4*1-3-4-2;/h9H,6-7H2,1-5H3;4-7H,1-3H3;7H,6H2,1-5H3;6,8H,5H2,1-4H3;5H2,1-4H3;4*3-4H2,1-2H3;1H/q;+1;;;;;;;;/p-1. The molecule has 3 unspecified atom stereocenters. The lowest BCUT2D eigenvalue weighted by Gasteiger charge is -2.28. The molecular formula is C57H121ClN2O4. The van der Waals surface area contributed by atoms with Crippen LogP contribution in [0, 0.1) is 33.5 Å². The number of aromatic nitrogens is 1. The van der Waals surface area contributed by atoms with Crippen LogP contribution < -0.4 is 21.9 Å². The fraction of sp³-hybridized carbons (Fsp3) is 0.860. The zero-order valence-corrected chi connectivity index (χ0v) is 49.9. The van der Waals surface area contributed by atoms with Gasteiger partial charge in [-0.1, -0.05) is 237 Å². The molecule has 390 valence electrons. The van der Waals surface area contributed by atoms with Gasteiger partial charge < -0.3 is 27.2 Å². The minimum absolute atomic E-state index is 0. The number of aliphatic hydroxyl groups is 1. The summed E-state index contributed by atoms with van der Waals surface area (Å²) < 4.78 is 1.55. The third kappa shape index (κ3) is 66.8. The van der Waals surface area contributed by atoms with Gasteiger partial charge in [-0.25, -0.2) is 4.79 Å².